The van der Waals surface area contributed by atoms with Gasteiger partial charge in [-0.15, -0.1) is 0 Å². The Morgan fingerprint density at radius 2 is 2.55 bits per heavy atom. The van der Waals surface area contributed by atoms with Gasteiger partial charge in [0.15, 0.2) is 0 Å². The van der Waals surface area contributed by atoms with Crippen LogP contribution in [-0.2, 0) is 0 Å². The largest absolute Gasteiger partial charge is 0.312 e. The molecule has 62 valence electrons. The molecule has 0 aliphatic rings. The van der Waals surface area contributed by atoms with E-state index < -0.39 is 0 Å². The van der Waals surface area contributed by atoms with Gasteiger partial charge in [0.05, 0.1) is 16.4 Å². The second-order valence-corrected chi connectivity index (χ2v) is 3.24. The molecule has 0 aliphatic heterocycles. The van der Waals surface area contributed by atoms with Gasteiger partial charge in [-0.2, -0.15) is 5.10 Å². The quantitative estimate of drug-likeness (QED) is 0.812. The Morgan fingerprint density at radius 1 is 1.82 bits per heavy atom. The molecule has 1 aromatic heterocycles. The molecule has 0 saturated carbocycles. The highest BCUT2D eigenvalue weighted by Gasteiger charge is 2.11. The first-order valence-corrected chi connectivity index (χ1v) is 4.45. The topological polar surface area (TPSA) is 40.7 Å². The summed E-state index contributed by atoms with van der Waals surface area (Å²) < 4.78 is 1.04. The zero-order chi connectivity index (χ0) is 8.27. The van der Waals surface area contributed by atoms with E-state index in [0.717, 1.165) is 16.6 Å². The van der Waals surface area contributed by atoms with Gasteiger partial charge < -0.3 is 5.32 Å². The van der Waals surface area contributed by atoms with Gasteiger partial charge in [-0.3, -0.25) is 5.10 Å². The van der Waals surface area contributed by atoms with Crippen LogP contribution in [0.15, 0.2) is 10.7 Å². The number of rotatable bonds is 3. The lowest BCUT2D eigenvalue weighted by atomic mass is 10.2. The fourth-order valence-electron chi connectivity index (χ4n) is 1.08. The van der Waals surface area contributed by atoms with Gasteiger partial charge in [0.1, 0.15) is 0 Å². The second-order valence-electron chi connectivity index (χ2n) is 2.38. The van der Waals surface area contributed by atoms with Crippen molar-refractivity contribution in [2.24, 2.45) is 0 Å². The molecule has 3 nitrogen and oxygen atoms in total. The summed E-state index contributed by atoms with van der Waals surface area (Å²) in [6.07, 6.45) is 2.83. The number of hydrogen-bond acceptors (Lipinski definition) is 2. The number of nitrogens with zero attached hydrogens (tertiary/aromatic N) is 1. The number of nitrogens with one attached hydrogen (secondary N) is 2. The van der Waals surface area contributed by atoms with E-state index >= 15 is 0 Å². The van der Waals surface area contributed by atoms with Gasteiger partial charge >= 0.3 is 0 Å². The Morgan fingerprint density at radius 3 is 2.91 bits per heavy atom. The fourth-order valence-corrected chi connectivity index (χ4v) is 1.55. The van der Waals surface area contributed by atoms with Crippen LogP contribution in [0.4, 0.5) is 0 Å². The minimum Gasteiger partial charge on any atom is -0.312 e. The normalized spacial score (nSPS) is 13.4. The lowest BCUT2D eigenvalue weighted by Crippen LogP contribution is -2.15. The first kappa shape index (κ1) is 8.74. The maximum absolute atomic E-state index is 3.93. The van der Waals surface area contributed by atoms with Crippen molar-refractivity contribution in [1.82, 2.24) is 15.5 Å². The Balaban J connectivity index is 2.81. The SMILES string of the molecule is CCC(NC)c1[nH]ncc1Br. The average Bonchev–Trinajstić information content (AvgIpc) is 2.40. The Hall–Kier alpha value is -0.350. The monoisotopic (exact) mass is 217 g/mol. The molecule has 4 heteroatoms. The Kier molecular flexibility index (Phi) is 3.08. The zero-order valence-electron chi connectivity index (χ0n) is 6.69. The summed E-state index contributed by atoms with van der Waals surface area (Å²) >= 11 is 3.41. The van der Waals surface area contributed by atoms with Crippen molar-refractivity contribution in [2.45, 2.75) is 19.4 Å². The van der Waals surface area contributed by atoms with E-state index in [1.54, 1.807) is 6.20 Å². The van der Waals surface area contributed by atoms with Gasteiger partial charge in [-0.1, -0.05) is 6.92 Å². The third kappa shape index (κ3) is 1.81. The number of halogens is 1. The van der Waals surface area contributed by atoms with Crippen molar-refractivity contribution in [1.29, 1.82) is 0 Å². The molecule has 0 bridgehead atoms. The lowest BCUT2D eigenvalue weighted by molar-refractivity contribution is 0.558. The first-order chi connectivity index (χ1) is 5.29. The van der Waals surface area contributed by atoms with E-state index in [0.29, 0.717) is 6.04 Å². The van der Waals surface area contributed by atoms with E-state index in [1.807, 2.05) is 7.05 Å². The van der Waals surface area contributed by atoms with E-state index in [-0.39, 0.29) is 0 Å². The summed E-state index contributed by atoms with van der Waals surface area (Å²) in [5.41, 5.74) is 1.12. The number of aromatic nitrogens is 2. The molecule has 1 atom stereocenters. The van der Waals surface area contributed by atoms with Crippen molar-refractivity contribution in [3.63, 3.8) is 0 Å². The van der Waals surface area contributed by atoms with Gasteiger partial charge in [-0.25, -0.2) is 0 Å². The van der Waals surface area contributed by atoms with Crippen LogP contribution >= 0.6 is 15.9 Å². The molecule has 0 aliphatic carbocycles. The molecule has 1 unspecified atom stereocenters. The molecule has 1 heterocycles. The first-order valence-electron chi connectivity index (χ1n) is 3.65. The second kappa shape index (κ2) is 3.88. The van der Waals surface area contributed by atoms with Crippen LogP contribution in [0.1, 0.15) is 25.1 Å². The summed E-state index contributed by atoms with van der Waals surface area (Å²) in [5, 5.41) is 10.1. The highest BCUT2D eigenvalue weighted by atomic mass is 79.9. The maximum atomic E-state index is 3.93. The summed E-state index contributed by atoms with van der Waals surface area (Å²) in [6, 6.07) is 0.367. The molecular formula is C7H12BrN3. The molecule has 0 fully saturated rings. The van der Waals surface area contributed by atoms with Crippen molar-refractivity contribution in [2.75, 3.05) is 7.05 Å². The van der Waals surface area contributed by atoms with Crippen LogP contribution in [0.25, 0.3) is 0 Å². The number of H-pyrrole nitrogens is 1. The summed E-state index contributed by atoms with van der Waals surface area (Å²) in [7, 11) is 1.95. The van der Waals surface area contributed by atoms with E-state index in [2.05, 4.69) is 38.4 Å². The lowest BCUT2D eigenvalue weighted by Gasteiger charge is -2.11. The molecule has 2 N–H and O–H groups in total. The van der Waals surface area contributed by atoms with Gasteiger partial charge in [0.25, 0.3) is 0 Å². The summed E-state index contributed by atoms with van der Waals surface area (Å²) in [4.78, 5) is 0. The van der Waals surface area contributed by atoms with Crippen LogP contribution < -0.4 is 5.32 Å². The maximum Gasteiger partial charge on any atom is 0.0663 e. The van der Waals surface area contributed by atoms with Crippen LogP contribution in [0.2, 0.25) is 0 Å². The molecule has 1 rings (SSSR count). The highest BCUT2D eigenvalue weighted by molar-refractivity contribution is 9.10. The molecule has 0 spiro atoms. The summed E-state index contributed by atoms with van der Waals surface area (Å²) in [5.74, 6) is 0. The Bertz CT molecular complexity index is 217. The molecular weight excluding hydrogens is 206 g/mol. The molecule has 0 radical (unpaired) electrons. The molecule has 0 amide bonds. The van der Waals surface area contributed by atoms with Crippen molar-refractivity contribution >= 4 is 15.9 Å². The van der Waals surface area contributed by atoms with E-state index in [1.165, 1.54) is 0 Å². The third-order valence-electron chi connectivity index (χ3n) is 1.73. The molecule has 0 aromatic carbocycles. The van der Waals surface area contributed by atoms with E-state index in [4.69, 9.17) is 0 Å². The predicted molar refractivity (Wildman–Crippen MR) is 48.4 cm³/mol. The van der Waals surface area contributed by atoms with Gasteiger partial charge in [0.2, 0.25) is 0 Å². The zero-order valence-corrected chi connectivity index (χ0v) is 8.27. The number of aromatic amines is 1. The van der Waals surface area contributed by atoms with Gasteiger partial charge in [-0.05, 0) is 29.4 Å². The molecule has 1 aromatic rings. The molecule has 11 heavy (non-hydrogen) atoms. The highest BCUT2D eigenvalue weighted by Crippen LogP contribution is 2.21. The van der Waals surface area contributed by atoms with Crippen molar-refractivity contribution in [3.8, 4) is 0 Å². The van der Waals surface area contributed by atoms with Crippen LogP contribution in [0.3, 0.4) is 0 Å². The fraction of sp³-hybridized carbons (Fsp3) is 0.571. The van der Waals surface area contributed by atoms with Crippen molar-refractivity contribution in [3.05, 3.63) is 16.4 Å². The van der Waals surface area contributed by atoms with Crippen LogP contribution in [-0.4, -0.2) is 17.2 Å². The van der Waals surface area contributed by atoms with Crippen LogP contribution in [0, 0.1) is 0 Å². The smallest absolute Gasteiger partial charge is 0.0663 e. The Labute approximate surface area is 74.7 Å². The summed E-state index contributed by atoms with van der Waals surface area (Å²) in [6.45, 7) is 2.13. The number of hydrogen-bond donors (Lipinski definition) is 2. The predicted octanol–water partition coefficient (Wildman–Crippen LogP) is 1.84. The molecule has 0 saturated heterocycles. The average molecular weight is 218 g/mol. The van der Waals surface area contributed by atoms with Gasteiger partial charge in [0, 0.05) is 6.04 Å². The van der Waals surface area contributed by atoms with E-state index in [9.17, 15) is 0 Å². The standard InChI is InChI=1S/C7H12BrN3/c1-3-6(9-2)7-5(8)4-10-11-7/h4,6,9H,3H2,1-2H3,(H,10,11). The third-order valence-corrected chi connectivity index (χ3v) is 2.36. The minimum atomic E-state index is 0.367. The minimum absolute atomic E-state index is 0.367. The van der Waals surface area contributed by atoms with Crippen LogP contribution in [0.5, 0.6) is 0 Å². The van der Waals surface area contributed by atoms with Crippen molar-refractivity contribution < 1.29 is 0 Å².